The number of nitrogens with one attached hydrogen (secondary N) is 1. The monoisotopic (exact) mass is 330 g/mol. The first kappa shape index (κ1) is 18.3. The van der Waals surface area contributed by atoms with E-state index in [1.54, 1.807) is 18.2 Å². The second kappa shape index (κ2) is 8.16. The van der Waals surface area contributed by atoms with E-state index in [-0.39, 0.29) is 5.91 Å². The van der Waals surface area contributed by atoms with Crippen molar-refractivity contribution in [3.05, 3.63) is 23.8 Å². The molecule has 2 rings (SSSR count). The highest BCUT2D eigenvalue weighted by Crippen LogP contribution is 2.36. The van der Waals surface area contributed by atoms with Gasteiger partial charge in [0, 0.05) is 12.3 Å². The first-order valence-electron chi connectivity index (χ1n) is 8.58. The first-order chi connectivity index (χ1) is 11.5. The van der Waals surface area contributed by atoms with Crippen LogP contribution in [-0.2, 0) is 9.53 Å². The zero-order valence-electron chi connectivity index (χ0n) is 14.7. The van der Waals surface area contributed by atoms with Crippen molar-refractivity contribution in [2.24, 2.45) is 5.92 Å². The number of ether oxygens (including phenoxy) is 2. The van der Waals surface area contributed by atoms with Crippen LogP contribution in [0.25, 0.3) is 0 Å². The van der Waals surface area contributed by atoms with Gasteiger partial charge in [0.2, 0.25) is 0 Å². The molecule has 1 aliphatic carbocycles. The third-order valence-corrected chi connectivity index (χ3v) is 4.53. The van der Waals surface area contributed by atoms with Gasteiger partial charge in [-0.05, 0) is 49.8 Å². The van der Waals surface area contributed by atoms with Gasteiger partial charge in [0.1, 0.15) is 17.4 Å². The number of methoxy groups -OCH3 is 1. The maximum atomic E-state index is 12.9. The molecule has 0 heterocycles. The lowest BCUT2D eigenvalue weighted by atomic mass is 9.78. The van der Waals surface area contributed by atoms with Crippen LogP contribution in [-0.4, -0.2) is 25.2 Å². The lowest BCUT2D eigenvalue weighted by molar-refractivity contribution is -0.148. The van der Waals surface area contributed by atoms with E-state index in [4.69, 9.17) is 9.47 Å². The van der Waals surface area contributed by atoms with E-state index >= 15 is 0 Å². The number of carbonyl (C=O) groups excluding carboxylic acids is 1. The van der Waals surface area contributed by atoms with Crippen LogP contribution >= 0.6 is 0 Å². The molecule has 1 aromatic carbocycles. The van der Waals surface area contributed by atoms with Crippen LogP contribution in [0.4, 0.5) is 5.69 Å². The average Bonchev–Trinajstić information content (AvgIpc) is 2.59. The molecule has 1 N–H and O–H groups in total. The van der Waals surface area contributed by atoms with Crippen LogP contribution in [0.2, 0.25) is 0 Å². The molecule has 1 fully saturated rings. The van der Waals surface area contributed by atoms with Crippen molar-refractivity contribution in [1.29, 1.82) is 5.26 Å². The van der Waals surface area contributed by atoms with Gasteiger partial charge in [0.15, 0.2) is 0 Å². The van der Waals surface area contributed by atoms with E-state index in [1.165, 1.54) is 7.11 Å². The highest BCUT2D eigenvalue weighted by atomic mass is 16.5. The molecule has 0 spiro atoms. The first-order valence-corrected chi connectivity index (χ1v) is 8.58. The van der Waals surface area contributed by atoms with Gasteiger partial charge in [-0.1, -0.05) is 20.3 Å². The molecule has 1 aliphatic rings. The van der Waals surface area contributed by atoms with Crippen molar-refractivity contribution < 1.29 is 14.3 Å². The zero-order chi connectivity index (χ0) is 17.6. The molecule has 0 aliphatic heterocycles. The summed E-state index contributed by atoms with van der Waals surface area (Å²) in [7, 11) is 1.52. The van der Waals surface area contributed by atoms with Crippen LogP contribution in [0.3, 0.4) is 0 Å². The van der Waals surface area contributed by atoms with Crippen LogP contribution in [0.1, 0.15) is 51.5 Å². The minimum atomic E-state index is -0.763. The highest BCUT2D eigenvalue weighted by molar-refractivity contribution is 5.97. The topological polar surface area (TPSA) is 71.3 Å². The number of amides is 1. The Labute approximate surface area is 144 Å². The van der Waals surface area contributed by atoms with Gasteiger partial charge < -0.3 is 14.8 Å². The Kier molecular flexibility index (Phi) is 6.22. The Hall–Kier alpha value is -2.06. The largest absolute Gasteiger partial charge is 0.495 e. The predicted molar refractivity (Wildman–Crippen MR) is 92.9 cm³/mol. The summed E-state index contributed by atoms with van der Waals surface area (Å²) in [6.45, 7) is 4.78. The molecular weight excluding hydrogens is 304 g/mol. The number of anilines is 1. The molecule has 0 aromatic heterocycles. The summed E-state index contributed by atoms with van der Waals surface area (Å²) >= 11 is 0. The Morgan fingerprint density at radius 3 is 2.92 bits per heavy atom. The van der Waals surface area contributed by atoms with E-state index in [2.05, 4.69) is 18.3 Å². The summed E-state index contributed by atoms with van der Waals surface area (Å²) in [5, 5.41) is 12.1. The number of hydrogen-bond acceptors (Lipinski definition) is 4. The maximum Gasteiger partial charge on any atom is 0.256 e. The fraction of sp³-hybridized carbons (Fsp3) is 0.579. The van der Waals surface area contributed by atoms with Crippen molar-refractivity contribution in [3.63, 3.8) is 0 Å². The van der Waals surface area contributed by atoms with Gasteiger partial charge in [-0.3, -0.25) is 4.79 Å². The summed E-state index contributed by atoms with van der Waals surface area (Å²) in [6, 6.07) is 7.16. The number of rotatable bonds is 6. The molecule has 1 aromatic rings. The molecule has 0 radical (unpaired) electrons. The van der Waals surface area contributed by atoms with Crippen molar-refractivity contribution in [3.8, 4) is 11.8 Å². The standard InChI is InChI=1S/C19H26N2O3/c1-4-10-24-19(9-5-6-14(2)12-19)18(22)21-16-7-8-17(23-3)15(11-16)13-20/h7-8,11,14H,4-6,9-10,12H2,1-3H3,(H,21,22)/t14-,19+/m1/s1. The third kappa shape index (κ3) is 4.07. The van der Waals surface area contributed by atoms with Crippen molar-refractivity contribution in [2.45, 2.75) is 51.6 Å². The van der Waals surface area contributed by atoms with Gasteiger partial charge in [0.25, 0.3) is 5.91 Å². The lowest BCUT2D eigenvalue weighted by Gasteiger charge is -2.38. The predicted octanol–water partition coefficient (Wildman–Crippen LogP) is 3.88. The second-order valence-electron chi connectivity index (χ2n) is 6.53. The minimum Gasteiger partial charge on any atom is -0.495 e. The molecular formula is C19H26N2O3. The zero-order valence-corrected chi connectivity index (χ0v) is 14.7. The van der Waals surface area contributed by atoms with Gasteiger partial charge >= 0.3 is 0 Å². The molecule has 5 nitrogen and oxygen atoms in total. The fourth-order valence-corrected chi connectivity index (χ4v) is 3.32. The quantitative estimate of drug-likeness (QED) is 0.859. The van der Waals surface area contributed by atoms with E-state index in [0.717, 1.165) is 32.1 Å². The van der Waals surface area contributed by atoms with Gasteiger partial charge in [-0.25, -0.2) is 0 Å². The van der Waals surface area contributed by atoms with Crippen molar-refractivity contribution in [1.82, 2.24) is 0 Å². The van der Waals surface area contributed by atoms with Gasteiger partial charge in [-0.2, -0.15) is 5.26 Å². The third-order valence-electron chi connectivity index (χ3n) is 4.53. The number of nitriles is 1. The number of nitrogens with zero attached hydrogens (tertiary/aromatic N) is 1. The average molecular weight is 330 g/mol. The van der Waals surface area contributed by atoms with Crippen molar-refractivity contribution in [2.75, 3.05) is 19.0 Å². The van der Waals surface area contributed by atoms with Crippen LogP contribution in [0.5, 0.6) is 5.75 Å². The molecule has 2 atom stereocenters. The Morgan fingerprint density at radius 2 is 2.29 bits per heavy atom. The Bertz CT molecular complexity index is 624. The van der Waals surface area contributed by atoms with Crippen LogP contribution < -0.4 is 10.1 Å². The number of carbonyl (C=O) groups is 1. The number of hydrogen-bond donors (Lipinski definition) is 1. The van der Waals surface area contributed by atoms with E-state index in [0.29, 0.717) is 29.5 Å². The summed E-state index contributed by atoms with van der Waals surface area (Å²) < 4.78 is 11.2. The molecule has 0 unspecified atom stereocenters. The maximum absolute atomic E-state index is 12.9. The van der Waals surface area contributed by atoms with Gasteiger partial charge in [-0.15, -0.1) is 0 Å². The van der Waals surface area contributed by atoms with Crippen LogP contribution in [0, 0.1) is 17.2 Å². The molecule has 1 saturated carbocycles. The second-order valence-corrected chi connectivity index (χ2v) is 6.53. The summed E-state index contributed by atoms with van der Waals surface area (Å²) in [6.07, 6.45) is 4.48. The summed E-state index contributed by atoms with van der Waals surface area (Å²) in [5.41, 5.74) is 0.228. The molecule has 0 saturated heterocycles. The van der Waals surface area contributed by atoms with E-state index < -0.39 is 5.60 Å². The molecule has 1 amide bonds. The molecule has 130 valence electrons. The molecule has 0 bridgehead atoms. The Morgan fingerprint density at radius 1 is 1.50 bits per heavy atom. The smallest absolute Gasteiger partial charge is 0.256 e. The fourth-order valence-electron chi connectivity index (χ4n) is 3.32. The van der Waals surface area contributed by atoms with Crippen molar-refractivity contribution >= 4 is 11.6 Å². The minimum absolute atomic E-state index is 0.114. The number of benzene rings is 1. The highest BCUT2D eigenvalue weighted by Gasteiger charge is 2.42. The Balaban J connectivity index is 2.20. The summed E-state index contributed by atoms with van der Waals surface area (Å²) in [5.74, 6) is 0.849. The normalized spacial score (nSPS) is 23.3. The summed E-state index contributed by atoms with van der Waals surface area (Å²) in [4.78, 5) is 12.9. The van der Waals surface area contributed by atoms with E-state index in [9.17, 15) is 10.1 Å². The molecule has 5 heteroatoms. The molecule has 24 heavy (non-hydrogen) atoms. The SMILES string of the molecule is CCCO[C@@]1(C(=O)Nc2ccc(OC)c(C#N)c2)CCC[C@@H](C)C1. The van der Waals surface area contributed by atoms with Crippen LogP contribution in [0.15, 0.2) is 18.2 Å². The lowest BCUT2D eigenvalue weighted by Crippen LogP contribution is -2.48. The van der Waals surface area contributed by atoms with Gasteiger partial charge in [0.05, 0.1) is 12.7 Å². The van der Waals surface area contributed by atoms with E-state index in [1.807, 2.05) is 6.92 Å².